The second-order valence-electron chi connectivity index (χ2n) is 5.82. The molecule has 0 saturated carbocycles. The first kappa shape index (κ1) is 19.3. The summed E-state index contributed by atoms with van der Waals surface area (Å²) in [6, 6.07) is 15.3. The number of thiazole rings is 1. The maximum absolute atomic E-state index is 12.5. The molecule has 0 spiro atoms. The van der Waals surface area contributed by atoms with Gasteiger partial charge in [0, 0.05) is 21.5 Å². The van der Waals surface area contributed by atoms with Gasteiger partial charge in [0.15, 0.2) is 5.13 Å². The van der Waals surface area contributed by atoms with Crippen molar-refractivity contribution >= 4 is 39.8 Å². The highest BCUT2D eigenvalue weighted by molar-refractivity contribution is 8.00. The molecule has 1 amide bonds. The average molecular weight is 400 g/mol. The molecule has 27 heavy (non-hydrogen) atoms. The molecule has 0 saturated heterocycles. The van der Waals surface area contributed by atoms with Crippen molar-refractivity contribution in [3.63, 3.8) is 0 Å². The Balaban J connectivity index is 1.61. The molecule has 1 aromatic heterocycles. The summed E-state index contributed by atoms with van der Waals surface area (Å²) >= 11 is 2.88. The Labute approximate surface area is 167 Å². The number of benzene rings is 2. The summed E-state index contributed by atoms with van der Waals surface area (Å²) in [6.07, 6.45) is 0. The highest BCUT2D eigenvalue weighted by atomic mass is 32.2. The van der Waals surface area contributed by atoms with Gasteiger partial charge in [-0.05, 0) is 56.3 Å². The standard InChI is InChI=1S/C20H21N3O2S2/c1-3-25-16-9-7-14(8-10-16)18-12-26-20(22-18)23-19(24)13(2)27-17-6-4-5-15(21)11-17/h4-13H,3,21H2,1-2H3,(H,22,23,24). The Kier molecular flexibility index (Phi) is 6.36. The van der Waals surface area contributed by atoms with Gasteiger partial charge >= 0.3 is 0 Å². The number of nitrogens with two attached hydrogens (primary N) is 1. The molecule has 0 bridgehead atoms. The van der Waals surface area contributed by atoms with Crippen molar-refractivity contribution in [2.45, 2.75) is 24.0 Å². The molecule has 3 N–H and O–H groups in total. The van der Waals surface area contributed by atoms with Gasteiger partial charge in [0.1, 0.15) is 5.75 Å². The van der Waals surface area contributed by atoms with Crippen LogP contribution in [0.4, 0.5) is 10.8 Å². The van der Waals surface area contributed by atoms with E-state index in [9.17, 15) is 4.79 Å². The van der Waals surface area contributed by atoms with Crippen LogP contribution in [0.15, 0.2) is 58.8 Å². The Morgan fingerprint density at radius 2 is 2.07 bits per heavy atom. The zero-order valence-corrected chi connectivity index (χ0v) is 16.8. The van der Waals surface area contributed by atoms with E-state index >= 15 is 0 Å². The van der Waals surface area contributed by atoms with Crippen LogP contribution in [0.3, 0.4) is 0 Å². The van der Waals surface area contributed by atoms with E-state index in [0.717, 1.165) is 21.9 Å². The Bertz CT molecular complexity index is 910. The van der Waals surface area contributed by atoms with Crippen LogP contribution in [0.5, 0.6) is 5.75 Å². The maximum atomic E-state index is 12.5. The number of carbonyl (C=O) groups is 1. The van der Waals surface area contributed by atoms with E-state index < -0.39 is 0 Å². The third kappa shape index (κ3) is 5.24. The van der Waals surface area contributed by atoms with Crippen LogP contribution in [0.25, 0.3) is 11.3 Å². The van der Waals surface area contributed by atoms with Gasteiger partial charge in [-0.15, -0.1) is 23.1 Å². The van der Waals surface area contributed by atoms with Crippen molar-refractivity contribution in [2.24, 2.45) is 0 Å². The molecule has 1 atom stereocenters. The third-order valence-corrected chi connectivity index (χ3v) is 5.59. The van der Waals surface area contributed by atoms with Crippen LogP contribution in [0, 0.1) is 0 Å². The van der Waals surface area contributed by atoms with Gasteiger partial charge in [-0.3, -0.25) is 4.79 Å². The lowest BCUT2D eigenvalue weighted by Gasteiger charge is -2.10. The first-order chi connectivity index (χ1) is 13.0. The summed E-state index contributed by atoms with van der Waals surface area (Å²) in [7, 11) is 0. The monoisotopic (exact) mass is 399 g/mol. The Morgan fingerprint density at radius 3 is 2.78 bits per heavy atom. The summed E-state index contributed by atoms with van der Waals surface area (Å²) in [5.74, 6) is 0.743. The van der Waals surface area contributed by atoms with Crippen LogP contribution in [0.2, 0.25) is 0 Å². The van der Waals surface area contributed by atoms with Gasteiger partial charge in [-0.1, -0.05) is 6.07 Å². The van der Waals surface area contributed by atoms with Gasteiger partial charge in [0.2, 0.25) is 5.91 Å². The van der Waals surface area contributed by atoms with Crippen LogP contribution >= 0.6 is 23.1 Å². The number of ether oxygens (including phenoxy) is 1. The number of thioether (sulfide) groups is 1. The molecule has 1 heterocycles. The normalized spacial score (nSPS) is 11.8. The van der Waals surface area contributed by atoms with Gasteiger partial charge in [-0.2, -0.15) is 0 Å². The fourth-order valence-corrected chi connectivity index (χ4v) is 4.06. The van der Waals surface area contributed by atoms with E-state index in [4.69, 9.17) is 10.5 Å². The van der Waals surface area contributed by atoms with Crippen LogP contribution in [-0.4, -0.2) is 22.7 Å². The molecular formula is C20H21N3O2S2. The predicted octanol–water partition coefficient (Wildman–Crippen LogP) is 4.91. The van der Waals surface area contributed by atoms with E-state index in [1.165, 1.54) is 23.1 Å². The summed E-state index contributed by atoms with van der Waals surface area (Å²) in [5.41, 5.74) is 8.29. The molecule has 3 aromatic rings. The minimum absolute atomic E-state index is 0.0879. The predicted molar refractivity (Wildman–Crippen MR) is 114 cm³/mol. The molecule has 3 rings (SSSR count). The van der Waals surface area contributed by atoms with Crippen molar-refractivity contribution in [3.05, 3.63) is 53.9 Å². The largest absolute Gasteiger partial charge is 0.494 e. The number of hydrogen-bond donors (Lipinski definition) is 2. The van der Waals surface area contributed by atoms with Crippen LogP contribution in [0.1, 0.15) is 13.8 Å². The van der Waals surface area contributed by atoms with Crippen LogP contribution < -0.4 is 15.8 Å². The van der Waals surface area contributed by atoms with Crippen molar-refractivity contribution in [1.82, 2.24) is 4.98 Å². The quantitative estimate of drug-likeness (QED) is 0.436. The molecular weight excluding hydrogens is 378 g/mol. The fourth-order valence-electron chi connectivity index (χ4n) is 2.40. The lowest BCUT2D eigenvalue weighted by atomic mass is 10.2. The molecule has 0 aliphatic heterocycles. The van der Waals surface area contributed by atoms with Gasteiger partial charge in [0.05, 0.1) is 17.6 Å². The lowest BCUT2D eigenvalue weighted by molar-refractivity contribution is -0.115. The lowest BCUT2D eigenvalue weighted by Crippen LogP contribution is -2.22. The fraction of sp³-hybridized carbons (Fsp3) is 0.200. The smallest absolute Gasteiger partial charge is 0.239 e. The van der Waals surface area contributed by atoms with Crippen molar-refractivity contribution in [1.29, 1.82) is 0 Å². The molecule has 7 heteroatoms. The zero-order valence-electron chi connectivity index (χ0n) is 15.1. The summed E-state index contributed by atoms with van der Waals surface area (Å²) in [5, 5.41) is 5.15. The SMILES string of the molecule is CCOc1ccc(-c2csc(NC(=O)C(C)Sc3cccc(N)c3)n2)cc1. The van der Waals surface area contributed by atoms with E-state index in [1.807, 2.05) is 67.8 Å². The van der Waals surface area contributed by atoms with E-state index in [-0.39, 0.29) is 11.2 Å². The molecule has 2 aromatic carbocycles. The molecule has 0 fully saturated rings. The minimum Gasteiger partial charge on any atom is -0.494 e. The van der Waals surface area contributed by atoms with Gasteiger partial charge in [-0.25, -0.2) is 4.98 Å². The number of amides is 1. The molecule has 1 unspecified atom stereocenters. The highest BCUT2D eigenvalue weighted by Gasteiger charge is 2.16. The number of nitrogens with one attached hydrogen (secondary N) is 1. The van der Waals surface area contributed by atoms with E-state index in [2.05, 4.69) is 10.3 Å². The first-order valence-electron chi connectivity index (χ1n) is 8.57. The van der Waals surface area contributed by atoms with E-state index in [0.29, 0.717) is 17.4 Å². The molecule has 0 radical (unpaired) electrons. The van der Waals surface area contributed by atoms with Crippen LogP contribution in [-0.2, 0) is 4.79 Å². The second-order valence-corrected chi connectivity index (χ2v) is 8.09. The van der Waals surface area contributed by atoms with E-state index in [1.54, 1.807) is 0 Å². The van der Waals surface area contributed by atoms with Crippen molar-refractivity contribution in [3.8, 4) is 17.0 Å². The molecule has 5 nitrogen and oxygen atoms in total. The summed E-state index contributed by atoms with van der Waals surface area (Å²) in [4.78, 5) is 17.9. The van der Waals surface area contributed by atoms with Crippen molar-refractivity contribution < 1.29 is 9.53 Å². The summed E-state index contributed by atoms with van der Waals surface area (Å²) in [6.45, 7) is 4.46. The summed E-state index contributed by atoms with van der Waals surface area (Å²) < 4.78 is 5.45. The maximum Gasteiger partial charge on any atom is 0.239 e. The number of nitrogens with zero attached hydrogens (tertiary/aromatic N) is 1. The average Bonchev–Trinajstić information content (AvgIpc) is 3.11. The van der Waals surface area contributed by atoms with Gasteiger partial charge < -0.3 is 15.8 Å². The molecule has 0 aliphatic rings. The van der Waals surface area contributed by atoms with Crippen molar-refractivity contribution in [2.75, 3.05) is 17.7 Å². The topological polar surface area (TPSA) is 77.2 Å². The number of anilines is 2. The zero-order chi connectivity index (χ0) is 19.2. The first-order valence-corrected chi connectivity index (χ1v) is 10.3. The van der Waals surface area contributed by atoms with Gasteiger partial charge in [0.25, 0.3) is 0 Å². The third-order valence-electron chi connectivity index (χ3n) is 3.74. The number of hydrogen-bond acceptors (Lipinski definition) is 6. The minimum atomic E-state index is -0.260. The number of rotatable bonds is 7. The number of carbonyl (C=O) groups excluding carboxylic acids is 1. The second kappa shape index (κ2) is 8.92. The molecule has 140 valence electrons. The Hall–Kier alpha value is -2.51. The molecule has 0 aliphatic carbocycles. The Morgan fingerprint density at radius 1 is 1.30 bits per heavy atom. The highest BCUT2D eigenvalue weighted by Crippen LogP contribution is 2.29. The number of aromatic nitrogens is 1. The number of nitrogen functional groups attached to an aromatic ring is 1.